The molecule has 1 N–H and O–H groups in total. The first-order valence-corrected chi connectivity index (χ1v) is 8.25. The van der Waals surface area contributed by atoms with Crippen molar-refractivity contribution in [2.45, 2.75) is 0 Å². The predicted molar refractivity (Wildman–Crippen MR) is 95.6 cm³/mol. The minimum atomic E-state index is -0.492. The highest BCUT2D eigenvalue weighted by Crippen LogP contribution is 2.28. The predicted octanol–water partition coefficient (Wildman–Crippen LogP) is 4.98. The Morgan fingerprint density at radius 2 is 1.90 bits per heavy atom. The first-order valence-electron chi connectivity index (χ1n) is 5.59. The van der Waals surface area contributed by atoms with Crippen LogP contribution in [-0.4, -0.2) is 10.8 Å². The number of rotatable bonds is 3. The molecule has 0 radical (unpaired) electrons. The second-order valence-corrected chi connectivity index (χ2v) is 6.93. The Balaban J connectivity index is 2.27. The molecule has 0 heterocycles. The van der Waals surface area contributed by atoms with Crippen molar-refractivity contribution < 1.29 is 9.72 Å². The fourth-order valence-electron chi connectivity index (χ4n) is 1.58. The van der Waals surface area contributed by atoms with E-state index < -0.39 is 4.92 Å². The van der Waals surface area contributed by atoms with E-state index in [1.54, 1.807) is 6.07 Å². The van der Waals surface area contributed by atoms with E-state index in [9.17, 15) is 14.9 Å². The molecule has 0 saturated carbocycles. The number of hydrogen-bond donors (Lipinski definition) is 1. The van der Waals surface area contributed by atoms with Crippen molar-refractivity contribution in [1.82, 2.24) is 0 Å². The van der Waals surface area contributed by atoms with Gasteiger partial charge in [-0.25, -0.2) is 0 Å². The van der Waals surface area contributed by atoms with Gasteiger partial charge in [0.2, 0.25) is 0 Å². The Morgan fingerprint density at radius 3 is 2.52 bits per heavy atom. The quantitative estimate of drug-likeness (QED) is 0.349. The fourth-order valence-corrected chi connectivity index (χ4v) is 2.99. The molecule has 108 valence electrons. The summed E-state index contributed by atoms with van der Waals surface area (Å²) in [6.07, 6.45) is 0. The number of nitrogens with zero attached hydrogens (tertiary/aromatic N) is 1. The SMILES string of the molecule is O=C(Nc1ccc([N+](=O)[O-])cc1Br)c1cc(Br)ccc1I. The summed E-state index contributed by atoms with van der Waals surface area (Å²) < 4.78 is 2.07. The lowest BCUT2D eigenvalue weighted by molar-refractivity contribution is -0.384. The zero-order chi connectivity index (χ0) is 15.6. The molecule has 0 bridgehead atoms. The van der Waals surface area contributed by atoms with Crippen molar-refractivity contribution in [2.24, 2.45) is 0 Å². The number of nitrogens with one attached hydrogen (secondary N) is 1. The number of benzene rings is 2. The summed E-state index contributed by atoms with van der Waals surface area (Å²) in [6.45, 7) is 0. The minimum absolute atomic E-state index is 0.0445. The molecule has 2 aromatic rings. The number of carbonyl (C=O) groups is 1. The molecule has 0 aliphatic heterocycles. The number of halogens is 3. The molecule has 0 aliphatic rings. The van der Waals surface area contributed by atoms with E-state index in [1.807, 2.05) is 12.1 Å². The monoisotopic (exact) mass is 524 g/mol. The molecule has 0 fully saturated rings. The zero-order valence-corrected chi connectivity index (χ0v) is 15.6. The fraction of sp³-hybridized carbons (Fsp3) is 0. The summed E-state index contributed by atoms with van der Waals surface area (Å²) in [6, 6.07) is 9.57. The van der Waals surface area contributed by atoms with Crippen molar-refractivity contribution in [3.05, 3.63) is 64.6 Å². The molecule has 0 atom stereocenters. The average molecular weight is 526 g/mol. The van der Waals surface area contributed by atoms with E-state index in [-0.39, 0.29) is 11.6 Å². The third kappa shape index (κ3) is 4.01. The Labute approximate surface area is 150 Å². The second-order valence-electron chi connectivity index (χ2n) is 4.00. The van der Waals surface area contributed by atoms with E-state index in [0.717, 1.165) is 8.04 Å². The molecule has 2 rings (SSSR count). The highest BCUT2D eigenvalue weighted by Gasteiger charge is 2.14. The van der Waals surface area contributed by atoms with Gasteiger partial charge in [-0.15, -0.1) is 0 Å². The van der Waals surface area contributed by atoms with Crippen LogP contribution < -0.4 is 5.32 Å². The molecule has 5 nitrogen and oxygen atoms in total. The maximum atomic E-state index is 12.3. The van der Waals surface area contributed by atoms with Crippen molar-refractivity contribution >= 4 is 71.7 Å². The van der Waals surface area contributed by atoms with E-state index in [1.165, 1.54) is 18.2 Å². The zero-order valence-electron chi connectivity index (χ0n) is 10.3. The van der Waals surface area contributed by atoms with Crippen LogP contribution in [0, 0.1) is 13.7 Å². The topological polar surface area (TPSA) is 72.2 Å². The van der Waals surface area contributed by atoms with Crippen molar-refractivity contribution in [3.8, 4) is 0 Å². The number of hydrogen-bond acceptors (Lipinski definition) is 3. The molecule has 1 amide bonds. The van der Waals surface area contributed by atoms with Crippen molar-refractivity contribution in [2.75, 3.05) is 5.32 Å². The molecule has 0 saturated heterocycles. The highest BCUT2D eigenvalue weighted by molar-refractivity contribution is 14.1. The number of carbonyl (C=O) groups excluding carboxylic acids is 1. The van der Waals surface area contributed by atoms with Gasteiger partial charge in [-0.05, 0) is 62.8 Å². The largest absolute Gasteiger partial charge is 0.321 e. The summed E-state index contributed by atoms with van der Waals surface area (Å²) in [5, 5.41) is 13.4. The molecule has 0 unspecified atom stereocenters. The maximum Gasteiger partial charge on any atom is 0.270 e. The first kappa shape index (κ1) is 16.4. The normalized spacial score (nSPS) is 10.2. The van der Waals surface area contributed by atoms with Crippen LogP contribution >= 0.6 is 54.5 Å². The van der Waals surface area contributed by atoms with Gasteiger partial charge >= 0.3 is 0 Å². The van der Waals surface area contributed by atoms with Crippen LogP contribution in [0.15, 0.2) is 45.3 Å². The highest BCUT2D eigenvalue weighted by atomic mass is 127. The Hall–Kier alpha value is -1.000. The molecular formula is C13H7Br2IN2O3. The molecule has 8 heteroatoms. The van der Waals surface area contributed by atoms with Gasteiger partial charge in [0.25, 0.3) is 11.6 Å². The Kier molecular flexibility index (Phi) is 5.33. The lowest BCUT2D eigenvalue weighted by Crippen LogP contribution is -2.13. The Bertz CT molecular complexity index is 737. The number of anilines is 1. The van der Waals surface area contributed by atoms with Crippen LogP contribution in [0.2, 0.25) is 0 Å². The first-order chi connectivity index (χ1) is 9.88. The van der Waals surface area contributed by atoms with Crippen LogP contribution in [-0.2, 0) is 0 Å². The summed E-state index contributed by atoms with van der Waals surface area (Å²) in [5.74, 6) is -0.282. The second kappa shape index (κ2) is 6.84. The van der Waals surface area contributed by atoms with Gasteiger partial charge in [0.05, 0.1) is 16.2 Å². The molecule has 21 heavy (non-hydrogen) atoms. The minimum Gasteiger partial charge on any atom is -0.321 e. The van der Waals surface area contributed by atoms with Gasteiger partial charge in [-0.2, -0.15) is 0 Å². The van der Waals surface area contributed by atoms with Crippen LogP contribution in [0.25, 0.3) is 0 Å². The van der Waals surface area contributed by atoms with Gasteiger partial charge < -0.3 is 5.32 Å². The standard InChI is InChI=1S/C13H7Br2IN2O3/c14-7-1-3-11(16)9(5-7)13(19)17-12-4-2-8(18(20)21)6-10(12)15/h1-6H,(H,17,19). The summed E-state index contributed by atoms with van der Waals surface area (Å²) in [4.78, 5) is 22.5. The van der Waals surface area contributed by atoms with Crippen LogP contribution in [0.3, 0.4) is 0 Å². The van der Waals surface area contributed by atoms with E-state index in [4.69, 9.17) is 0 Å². The Morgan fingerprint density at radius 1 is 1.19 bits per heavy atom. The van der Waals surface area contributed by atoms with E-state index in [0.29, 0.717) is 15.7 Å². The summed E-state index contributed by atoms with van der Waals surface area (Å²) in [7, 11) is 0. The van der Waals surface area contributed by atoms with Crippen LogP contribution in [0.1, 0.15) is 10.4 Å². The third-order valence-corrected chi connectivity index (χ3v) is 4.67. The van der Waals surface area contributed by atoms with E-state index >= 15 is 0 Å². The lowest BCUT2D eigenvalue weighted by Gasteiger charge is -2.09. The maximum absolute atomic E-state index is 12.3. The van der Waals surface area contributed by atoms with Gasteiger partial charge in [-0.1, -0.05) is 15.9 Å². The third-order valence-electron chi connectivity index (χ3n) is 2.58. The number of nitro groups is 1. The lowest BCUT2D eigenvalue weighted by atomic mass is 10.2. The molecule has 0 spiro atoms. The van der Waals surface area contributed by atoms with E-state index in [2.05, 4.69) is 59.8 Å². The van der Waals surface area contributed by atoms with Gasteiger partial charge in [-0.3, -0.25) is 14.9 Å². The number of nitro benzene ring substituents is 1. The van der Waals surface area contributed by atoms with Crippen LogP contribution in [0.5, 0.6) is 0 Å². The van der Waals surface area contributed by atoms with Gasteiger partial charge in [0.15, 0.2) is 0 Å². The van der Waals surface area contributed by atoms with Crippen molar-refractivity contribution in [1.29, 1.82) is 0 Å². The molecular weight excluding hydrogens is 519 g/mol. The van der Waals surface area contributed by atoms with Gasteiger partial charge in [0.1, 0.15) is 0 Å². The number of non-ortho nitro benzene ring substituents is 1. The average Bonchev–Trinajstić information content (AvgIpc) is 2.43. The van der Waals surface area contributed by atoms with Crippen LogP contribution in [0.4, 0.5) is 11.4 Å². The molecule has 2 aromatic carbocycles. The number of amides is 1. The molecule has 0 aliphatic carbocycles. The van der Waals surface area contributed by atoms with Gasteiger partial charge in [0, 0.05) is 24.6 Å². The summed E-state index contributed by atoms with van der Waals surface area (Å²) in [5.41, 5.74) is 0.952. The van der Waals surface area contributed by atoms with Crippen molar-refractivity contribution in [3.63, 3.8) is 0 Å². The summed E-state index contributed by atoms with van der Waals surface area (Å²) >= 11 is 8.62. The smallest absolute Gasteiger partial charge is 0.270 e. The molecule has 0 aromatic heterocycles.